The van der Waals surface area contributed by atoms with Crippen molar-refractivity contribution >= 4 is 29.0 Å². The smallest absolute Gasteiger partial charge is 0.224 e. The van der Waals surface area contributed by atoms with E-state index in [1.807, 2.05) is 0 Å². The Balaban J connectivity index is 1.88. The number of aromatic nitrogens is 2. The summed E-state index contributed by atoms with van der Waals surface area (Å²) in [6.45, 7) is 5.48. The molecule has 0 spiro atoms. The molecule has 2 fully saturated rings. The van der Waals surface area contributed by atoms with E-state index in [4.69, 9.17) is 23.2 Å². The number of halogens is 2. The van der Waals surface area contributed by atoms with E-state index >= 15 is 0 Å². The van der Waals surface area contributed by atoms with Crippen LogP contribution in [0.5, 0.6) is 0 Å². The van der Waals surface area contributed by atoms with Gasteiger partial charge in [-0.15, -0.1) is 0 Å². The highest BCUT2D eigenvalue weighted by Crippen LogP contribution is 2.31. The highest BCUT2D eigenvalue weighted by Gasteiger charge is 2.35. The molecule has 0 N–H and O–H groups in total. The molecule has 0 amide bonds. The SMILES string of the molecule is CC1CN2CCCC2CN1c1nc(Cl)ncc1Cl. The first-order chi connectivity index (χ1) is 8.65. The van der Waals surface area contributed by atoms with Gasteiger partial charge in [-0.2, -0.15) is 4.98 Å². The molecular weight excluding hydrogens is 271 g/mol. The van der Waals surface area contributed by atoms with Gasteiger partial charge in [0.2, 0.25) is 5.28 Å². The third-order valence-corrected chi connectivity index (χ3v) is 4.35. The second kappa shape index (κ2) is 4.83. The summed E-state index contributed by atoms with van der Waals surface area (Å²) in [5.41, 5.74) is 0. The van der Waals surface area contributed by atoms with Crippen molar-refractivity contribution in [3.05, 3.63) is 16.5 Å². The first-order valence-electron chi connectivity index (χ1n) is 6.34. The van der Waals surface area contributed by atoms with Crippen LogP contribution in [-0.4, -0.2) is 46.6 Å². The number of anilines is 1. The van der Waals surface area contributed by atoms with Crippen LogP contribution in [0.25, 0.3) is 0 Å². The molecule has 4 nitrogen and oxygen atoms in total. The summed E-state index contributed by atoms with van der Waals surface area (Å²) in [4.78, 5) is 13.0. The van der Waals surface area contributed by atoms with Crippen LogP contribution in [0, 0.1) is 0 Å². The van der Waals surface area contributed by atoms with Gasteiger partial charge >= 0.3 is 0 Å². The minimum atomic E-state index is 0.260. The van der Waals surface area contributed by atoms with Crippen LogP contribution in [-0.2, 0) is 0 Å². The number of nitrogens with zero attached hydrogens (tertiary/aromatic N) is 4. The van der Waals surface area contributed by atoms with E-state index in [0.29, 0.717) is 17.1 Å². The highest BCUT2D eigenvalue weighted by atomic mass is 35.5. The normalized spacial score (nSPS) is 28.5. The van der Waals surface area contributed by atoms with Gasteiger partial charge < -0.3 is 4.90 Å². The zero-order chi connectivity index (χ0) is 12.7. The lowest BCUT2D eigenvalue weighted by molar-refractivity contribution is 0.202. The minimum Gasteiger partial charge on any atom is -0.350 e. The van der Waals surface area contributed by atoms with Crippen molar-refractivity contribution in [1.29, 1.82) is 0 Å². The lowest BCUT2D eigenvalue weighted by atomic mass is 10.1. The molecule has 2 unspecified atom stereocenters. The Labute approximate surface area is 117 Å². The summed E-state index contributed by atoms with van der Waals surface area (Å²) in [5, 5.41) is 0.841. The molecule has 2 aliphatic rings. The molecule has 2 saturated heterocycles. The average Bonchev–Trinajstić information content (AvgIpc) is 2.78. The molecule has 3 rings (SSSR count). The summed E-state index contributed by atoms with van der Waals surface area (Å²) < 4.78 is 0. The maximum absolute atomic E-state index is 6.20. The van der Waals surface area contributed by atoms with Gasteiger partial charge in [0.15, 0.2) is 5.82 Å². The molecule has 2 atom stereocenters. The maximum atomic E-state index is 6.20. The van der Waals surface area contributed by atoms with Crippen molar-refractivity contribution in [3.63, 3.8) is 0 Å². The van der Waals surface area contributed by atoms with E-state index in [-0.39, 0.29) is 5.28 Å². The molecule has 1 aromatic rings. The van der Waals surface area contributed by atoms with Crippen LogP contribution < -0.4 is 4.90 Å². The van der Waals surface area contributed by atoms with E-state index in [1.54, 1.807) is 6.20 Å². The Bertz CT molecular complexity index is 454. The first-order valence-corrected chi connectivity index (χ1v) is 7.09. The highest BCUT2D eigenvalue weighted by molar-refractivity contribution is 6.33. The molecule has 0 aliphatic carbocycles. The molecule has 2 aliphatic heterocycles. The van der Waals surface area contributed by atoms with E-state index < -0.39 is 0 Å². The molecule has 1 aromatic heterocycles. The number of fused-ring (bicyclic) bond motifs is 1. The quantitative estimate of drug-likeness (QED) is 0.743. The van der Waals surface area contributed by atoms with Crippen molar-refractivity contribution < 1.29 is 0 Å². The topological polar surface area (TPSA) is 32.3 Å². The average molecular weight is 287 g/mol. The molecule has 0 aromatic carbocycles. The Hall–Kier alpha value is -0.580. The van der Waals surface area contributed by atoms with E-state index in [1.165, 1.54) is 19.4 Å². The first kappa shape index (κ1) is 12.5. The number of piperazine rings is 1. The monoisotopic (exact) mass is 286 g/mol. The molecule has 98 valence electrons. The fourth-order valence-electron chi connectivity index (χ4n) is 3.02. The van der Waals surface area contributed by atoms with Gasteiger partial charge in [0.1, 0.15) is 5.02 Å². The zero-order valence-electron chi connectivity index (χ0n) is 10.3. The van der Waals surface area contributed by atoms with Crippen LogP contribution in [0.3, 0.4) is 0 Å². The molecule has 0 bridgehead atoms. The van der Waals surface area contributed by atoms with E-state index in [9.17, 15) is 0 Å². The van der Waals surface area contributed by atoms with Crippen molar-refractivity contribution in [2.24, 2.45) is 0 Å². The number of hydrogen-bond donors (Lipinski definition) is 0. The van der Waals surface area contributed by atoms with E-state index in [2.05, 4.69) is 26.7 Å². The molecule has 0 saturated carbocycles. The van der Waals surface area contributed by atoms with Crippen molar-refractivity contribution in [2.75, 3.05) is 24.5 Å². The molecule has 3 heterocycles. The van der Waals surface area contributed by atoms with Gasteiger partial charge in [-0.05, 0) is 37.9 Å². The van der Waals surface area contributed by atoms with Crippen LogP contribution >= 0.6 is 23.2 Å². The van der Waals surface area contributed by atoms with Crippen LogP contribution in [0.4, 0.5) is 5.82 Å². The molecular formula is C12H16Cl2N4. The van der Waals surface area contributed by atoms with Gasteiger partial charge in [-0.1, -0.05) is 11.6 Å². The predicted molar refractivity (Wildman–Crippen MR) is 73.5 cm³/mol. The van der Waals surface area contributed by atoms with Gasteiger partial charge in [0.05, 0.1) is 6.20 Å². The summed E-state index contributed by atoms with van der Waals surface area (Å²) in [5.74, 6) is 0.774. The van der Waals surface area contributed by atoms with Gasteiger partial charge in [0, 0.05) is 25.2 Å². The second-order valence-corrected chi connectivity index (χ2v) is 5.85. The predicted octanol–water partition coefficient (Wildman–Crippen LogP) is 2.46. The fraction of sp³-hybridized carbons (Fsp3) is 0.667. The Morgan fingerprint density at radius 2 is 2.17 bits per heavy atom. The largest absolute Gasteiger partial charge is 0.350 e. The summed E-state index contributed by atoms with van der Waals surface area (Å²) in [6.07, 6.45) is 4.14. The van der Waals surface area contributed by atoms with Crippen LogP contribution in [0.15, 0.2) is 6.20 Å². The van der Waals surface area contributed by atoms with Crippen molar-refractivity contribution in [2.45, 2.75) is 31.8 Å². The Morgan fingerprint density at radius 1 is 1.33 bits per heavy atom. The number of hydrogen-bond acceptors (Lipinski definition) is 4. The summed E-state index contributed by atoms with van der Waals surface area (Å²) >= 11 is 12.1. The standard InChI is InChI=1S/C12H16Cl2N4/c1-8-6-17-4-2-3-9(17)7-18(8)11-10(13)5-15-12(14)16-11/h5,8-9H,2-4,6-7H2,1H3. The molecule has 18 heavy (non-hydrogen) atoms. The minimum absolute atomic E-state index is 0.260. The second-order valence-electron chi connectivity index (χ2n) is 5.10. The van der Waals surface area contributed by atoms with Gasteiger partial charge in [-0.3, -0.25) is 4.90 Å². The van der Waals surface area contributed by atoms with Crippen molar-refractivity contribution in [1.82, 2.24) is 14.9 Å². The Morgan fingerprint density at radius 3 is 3.00 bits per heavy atom. The fourth-order valence-corrected chi connectivity index (χ4v) is 3.35. The third kappa shape index (κ3) is 2.17. The van der Waals surface area contributed by atoms with Gasteiger partial charge in [0.25, 0.3) is 0 Å². The van der Waals surface area contributed by atoms with Crippen molar-refractivity contribution in [3.8, 4) is 0 Å². The lowest BCUT2D eigenvalue weighted by Crippen LogP contribution is -2.55. The van der Waals surface area contributed by atoms with E-state index in [0.717, 1.165) is 18.9 Å². The van der Waals surface area contributed by atoms with Crippen LogP contribution in [0.2, 0.25) is 10.3 Å². The summed E-state index contributed by atoms with van der Waals surface area (Å²) in [6, 6.07) is 1.04. The Kier molecular flexibility index (Phi) is 3.34. The lowest BCUT2D eigenvalue weighted by Gasteiger charge is -2.43. The third-order valence-electron chi connectivity index (χ3n) is 3.91. The summed E-state index contributed by atoms with van der Waals surface area (Å²) in [7, 11) is 0. The molecule has 0 radical (unpaired) electrons. The van der Waals surface area contributed by atoms with Crippen LogP contribution in [0.1, 0.15) is 19.8 Å². The maximum Gasteiger partial charge on any atom is 0.224 e. The molecule has 6 heteroatoms. The van der Waals surface area contributed by atoms with Gasteiger partial charge in [-0.25, -0.2) is 4.98 Å². The number of rotatable bonds is 1. The zero-order valence-corrected chi connectivity index (χ0v) is 11.8.